The highest BCUT2D eigenvalue weighted by Crippen LogP contribution is 2.09. The van der Waals surface area contributed by atoms with Crippen molar-refractivity contribution in [3.63, 3.8) is 0 Å². The van der Waals surface area contributed by atoms with E-state index in [2.05, 4.69) is 10.6 Å². The average molecular weight is 252 g/mol. The zero-order valence-corrected chi connectivity index (χ0v) is 9.43. The van der Waals surface area contributed by atoms with Crippen LogP contribution in [0.1, 0.15) is 34.0 Å². The van der Waals surface area contributed by atoms with Gasteiger partial charge in [0.15, 0.2) is 5.76 Å². The van der Waals surface area contributed by atoms with Gasteiger partial charge in [0.25, 0.3) is 5.91 Å². The van der Waals surface area contributed by atoms with Gasteiger partial charge in [-0.05, 0) is 18.6 Å². The van der Waals surface area contributed by atoms with Crippen LogP contribution in [0.15, 0.2) is 16.5 Å². The predicted octanol–water partition coefficient (Wildman–Crippen LogP) is -0.0138. The second-order valence-corrected chi connectivity index (χ2v) is 3.98. The number of hydrogen-bond acceptors (Lipinski definition) is 4. The van der Waals surface area contributed by atoms with E-state index in [0.29, 0.717) is 19.4 Å². The quantitative estimate of drug-likeness (QED) is 0.698. The minimum absolute atomic E-state index is 0.0274. The molecule has 0 aliphatic carbocycles. The second kappa shape index (κ2) is 4.91. The van der Waals surface area contributed by atoms with Crippen LogP contribution in [-0.2, 0) is 4.79 Å². The fourth-order valence-electron chi connectivity index (χ4n) is 1.71. The fourth-order valence-corrected chi connectivity index (χ4v) is 1.71. The van der Waals surface area contributed by atoms with E-state index >= 15 is 0 Å². The smallest absolute Gasteiger partial charge is 0.371 e. The molecule has 18 heavy (non-hydrogen) atoms. The van der Waals surface area contributed by atoms with Crippen LogP contribution in [0.2, 0.25) is 0 Å². The lowest BCUT2D eigenvalue weighted by Gasteiger charge is -2.09. The summed E-state index contributed by atoms with van der Waals surface area (Å²) in [5.74, 6) is -2.09. The van der Waals surface area contributed by atoms with Crippen molar-refractivity contribution in [3.05, 3.63) is 23.7 Å². The summed E-state index contributed by atoms with van der Waals surface area (Å²) in [6.45, 7) is 0.299. The SMILES string of the molecule is O=C1CCC(CNC(=O)c2ccc(C(=O)O)o2)N1. The third-order valence-electron chi connectivity index (χ3n) is 2.63. The maximum absolute atomic E-state index is 11.6. The van der Waals surface area contributed by atoms with Gasteiger partial charge in [-0.15, -0.1) is 0 Å². The highest BCUT2D eigenvalue weighted by atomic mass is 16.4. The second-order valence-electron chi connectivity index (χ2n) is 3.98. The Hall–Kier alpha value is -2.31. The van der Waals surface area contributed by atoms with Crippen molar-refractivity contribution in [1.29, 1.82) is 0 Å². The number of nitrogens with one attached hydrogen (secondary N) is 2. The Balaban J connectivity index is 1.87. The van der Waals surface area contributed by atoms with Crippen LogP contribution >= 0.6 is 0 Å². The molecule has 0 spiro atoms. The minimum Gasteiger partial charge on any atom is -0.475 e. The molecule has 0 aromatic carbocycles. The molecule has 7 heteroatoms. The fraction of sp³-hybridized carbons (Fsp3) is 0.364. The molecule has 1 aliphatic heterocycles. The molecule has 96 valence electrons. The molecule has 1 aromatic heterocycles. The third kappa shape index (κ3) is 2.68. The summed E-state index contributed by atoms with van der Waals surface area (Å²) in [4.78, 5) is 33.1. The Morgan fingerprint density at radius 1 is 1.44 bits per heavy atom. The first-order valence-corrected chi connectivity index (χ1v) is 5.47. The molecular formula is C11H12N2O5. The Labute approximate surface area is 102 Å². The van der Waals surface area contributed by atoms with Crippen molar-refractivity contribution >= 4 is 17.8 Å². The van der Waals surface area contributed by atoms with E-state index in [1.165, 1.54) is 12.1 Å². The van der Waals surface area contributed by atoms with Crippen LogP contribution in [0, 0.1) is 0 Å². The number of rotatable bonds is 4. The van der Waals surface area contributed by atoms with Crippen molar-refractivity contribution < 1.29 is 23.9 Å². The molecule has 3 N–H and O–H groups in total. The number of hydrogen-bond donors (Lipinski definition) is 3. The van der Waals surface area contributed by atoms with Crippen LogP contribution in [0.25, 0.3) is 0 Å². The minimum atomic E-state index is -1.22. The third-order valence-corrected chi connectivity index (χ3v) is 2.63. The summed E-state index contributed by atoms with van der Waals surface area (Å²) >= 11 is 0. The molecule has 1 fully saturated rings. The van der Waals surface area contributed by atoms with Crippen molar-refractivity contribution in [1.82, 2.24) is 10.6 Å². The number of aromatic carboxylic acids is 1. The Bertz CT molecular complexity index is 493. The largest absolute Gasteiger partial charge is 0.475 e. The van der Waals surface area contributed by atoms with Gasteiger partial charge >= 0.3 is 5.97 Å². The van der Waals surface area contributed by atoms with E-state index in [9.17, 15) is 14.4 Å². The van der Waals surface area contributed by atoms with Crippen molar-refractivity contribution in [3.8, 4) is 0 Å². The van der Waals surface area contributed by atoms with Gasteiger partial charge in [0.2, 0.25) is 11.7 Å². The zero-order chi connectivity index (χ0) is 13.1. The first-order valence-electron chi connectivity index (χ1n) is 5.47. The van der Waals surface area contributed by atoms with E-state index in [1.807, 2.05) is 0 Å². The normalized spacial score (nSPS) is 18.4. The number of furan rings is 1. The van der Waals surface area contributed by atoms with Crippen LogP contribution in [0.4, 0.5) is 0 Å². The first kappa shape index (κ1) is 12.2. The summed E-state index contributed by atoms with van der Waals surface area (Å²) in [7, 11) is 0. The summed E-state index contributed by atoms with van der Waals surface area (Å²) < 4.78 is 4.84. The van der Waals surface area contributed by atoms with Crippen LogP contribution in [0.5, 0.6) is 0 Å². The molecule has 7 nitrogen and oxygen atoms in total. The molecule has 1 saturated heterocycles. The van der Waals surface area contributed by atoms with Gasteiger partial charge in [0.1, 0.15) is 0 Å². The molecule has 0 saturated carbocycles. The van der Waals surface area contributed by atoms with E-state index in [1.54, 1.807) is 0 Å². The maximum Gasteiger partial charge on any atom is 0.371 e. The molecule has 1 aromatic rings. The Morgan fingerprint density at radius 3 is 2.72 bits per heavy atom. The van der Waals surface area contributed by atoms with Gasteiger partial charge in [-0.1, -0.05) is 0 Å². The number of carbonyl (C=O) groups excluding carboxylic acids is 2. The highest BCUT2D eigenvalue weighted by molar-refractivity contribution is 5.93. The molecule has 1 aliphatic rings. The van der Waals surface area contributed by atoms with Crippen molar-refractivity contribution in [2.24, 2.45) is 0 Å². The molecule has 0 radical (unpaired) electrons. The lowest BCUT2D eigenvalue weighted by atomic mass is 10.2. The van der Waals surface area contributed by atoms with E-state index in [4.69, 9.17) is 9.52 Å². The monoisotopic (exact) mass is 252 g/mol. The Morgan fingerprint density at radius 2 is 2.17 bits per heavy atom. The lowest BCUT2D eigenvalue weighted by Crippen LogP contribution is -2.38. The number of amides is 2. The average Bonchev–Trinajstić information content (AvgIpc) is 2.94. The topological polar surface area (TPSA) is 109 Å². The summed E-state index contributed by atoms with van der Waals surface area (Å²) in [6.07, 6.45) is 1.14. The predicted molar refractivity (Wildman–Crippen MR) is 59.2 cm³/mol. The van der Waals surface area contributed by atoms with Crippen molar-refractivity contribution in [2.45, 2.75) is 18.9 Å². The molecule has 1 atom stereocenters. The van der Waals surface area contributed by atoms with Gasteiger partial charge in [0.05, 0.1) is 0 Å². The molecule has 2 amide bonds. The summed E-state index contributed by atoms with van der Waals surface area (Å²) in [5, 5.41) is 13.9. The van der Waals surface area contributed by atoms with Gasteiger partial charge in [-0.2, -0.15) is 0 Å². The lowest BCUT2D eigenvalue weighted by molar-refractivity contribution is -0.119. The summed E-state index contributed by atoms with van der Waals surface area (Å²) in [5.41, 5.74) is 0. The molecule has 1 unspecified atom stereocenters. The molecule has 2 heterocycles. The Kier molecular flexibility index (Phi) is 3.31. The van der Waals surface area contributed by atoms with Gasteiger partial charge < -0.3 is 20.2 Å². The van der Waals surface area contributed by atoms with Gasteiger partial charge in [-0.3, -0.25) is 9.59 Å². The van der Waals surface area contributed by atoms with Gasteiger partial charge in [0, 0.05) is 19.0 Å². The maximum atomic E-state index is 11.6. The van der Waals surface area contributed by atoms with Crippen molar-refractivity contribution in [2.75, 3.05) is 6.54 Å². The zero-order valence-electron chi connectivity index (χ0n) is 9.43. The first-order chi connectivity index (χ1) is 8.56. The van der Waals surface area contributed by atoms with Gasteiger partial charge in [-0.25, -0.2) is 4.79 Å². The molecule has 0 bridgehead atoms. The number of carboxylic acids is 1. The molecular weight excluding hydrogens is 240 g/mol. The van der Waals surface area contributed by atoms with Crippen LogP contribution < -0.4 is 10.6 Å². The number of carbonyl (C=O) groups is 3. The van der Waals surface area contributed by atoms with E-state index < -0.39 is 11.9 Å². The standard InChI is InChI=1S/C11H12N2O5/c14-9-4-1-6(13-9)5-12-10(15)7-2-3-8(18-7)11(16)17/h2-3,6H,1,4-5H2,(H,12,15)(H,13,14)(H,16,17). The summed E-state index contributed by atoms with van der Waals surface area (Å²) in [6, 6.07) is 2.44. The number of carboxylic acid groups (broad SMARTS) is 1. The highest BCUT2D eigenvalue weighted by Gasteiger charge is 2.22. The van der Waals surface area contributed by atoms with Crippen LogP contribution in [0.3, 0.4) is 0 Å². The van der Waals surface area contributed by atoms with E-state index in [-0.39, 0.29) is 23.5 Å². The molecule has 2 rings (SSSR count). The van der Waals surface area contributed by atoms with Crippen LogP contribution in [-0.4, -0.2) is 35.5 Å². The van der Waals surface area contributed by atoms with E-state index in [0.717, 1.165) is 0 Å².